The molecule has 0 saturated carbocycles. The van der Waals surface area contributed by atoms with E-state index in [0.29, 0.717) is 10.2 Å². The summed E-state index contributed by atoms with van der Waals surface area (Å²) in [4.78, 5) is 23.5. The fourth-order valence-corrected chi connectivity index (χ4v) is 2.10. The molecular formula is C16H10BrFN2O3. The Bertz CT molecular complexity index is 802. The Morgan fingerprint density at radius 1 is 1.26 bits per heavy atom. The number of carbonyl (C=O) groups excluding carboxylic acids is 2. The zero-order valence-electron chi connectivity index (χ0n) is 11.7. The molecule has 5 nitrogen and oxygen atoms in total. The van der Waals surface area contributed by atoms with E-state index in [9.17, 15) is 14.0 Å². The Kier molecular flexibility index (Phi) is 5.44. The summed E-state index contributed by atoms with van der Waals surface area (Å²) in [7, 11) is 0. The second-order valence-corrected chi connectivity index (χ2v) is 5.32. The van der Waals surface area contributed by atoms with Gasteiger partial charge < -0.3 is 10.1 Å². The van der Waals surface area contributed by atoms with Crippen LogP contribution in [0.4, 0.5) is 10.1 Å². The van der Waals surface area contributed by atoms with Crippen LogP contribution in [-0.2, 0) is 9.53 Å². The van der Waals surface area contributed by atoms with E-state index in [1.165, 1.54) is 12.1 Å². The van der Waals surface area contributed by atoms with Crippen molar-refractivity contribution in [2.45, 2.75) is 0 Å². The van der Waals surface area contributed by atoms with Gasteiger partial charge in [0.2, 0.25) is 0 Å². The fourth-order valence-electron chi connectivity index (χ4n) is 1.74. The summed E-state index contributed by atoms with van der Waals surface area (Å²) in [6, 6.07) is 12.1. The van der Waals surface area contributed by atoms with Crippen molar-refractivity contribution >= 4 is 33.5 Å². The van der Waals surface area contributed by atoms with E-state index in [4.69, 9.17) is 10.00 Å². The van der Waals surface area contributed by atoms with Crippen LogP contribution in [-0.4, -0.2) is 18.5 Å². The van der Waals surface area contributed by atoms with E-state index >= 15 is 0 Å². The van der Waals surface area contributed by atoms with Crippen molar-refractivity contribution in [2.75, 3.05) is 11.9 Å². The van der Waals surface area contributed by atoms with Gasteiger partial charge in [-0.2, -0.15) is 5.26 Å². The van der Waals surface area contributed by atoms with Crippen molar-refractivity contribution in [1.29, 1.82) is 5.26 Å². The number of nitriles is 1. The number of benzene rings is 2. The topological polar surface area (TPSA) is 79.2 Å². The highest BCUT2D eigenvalue weighted by molar-refractivity contribution is 9.10. The van der Waals surface area contributed by atoms with E-state index in [0.717, 1.165) is 6.07 Å². The number of carbonyl (C=O) groups is 2. The summed E-state index contributed by atoms with van der Waals surface area (Å²) in [6.07, 6.45) is 0. The van der Waals surface area contributed by atoms with Crippen molar-refractivity contribution in [1.82, 2.24) is 0 Å². The Balaban J connectivity index is 1.98. The first-order valence-corrected chi connectivity index (χ1v) is 7.21. The van der Waals surface area contributed by atoms with Crippen LogP contribution in [0.25, 0.3) is 0 Å². The van der Waals surface area contributed by atoms with Gasteiger partial charge in [0.1, 0.15) is 11.9 Å². The molecule has 0 aliphatic carbocycles. The van der Waals surface area contributed by atoms with Crippen LogP contribution < -0.4 is 5.32 Å². The van der Waals surface area contributed by atoms with Crippen LogP contribution in [0.5, 0.6) is 0 Å². The number of hydrogen-bond acceptors (Lipinski definition) is 4. The Hall–Kier alpha value is -2.72. The average molecular weight is 377 g/mol. The fraction of sp³-hybridized carbons (Fsp3) is 0.0625. The summed E-state index contributed by atoms with van der Waals surface area (Å²) < 4.78 is 18.8. The maximum Gasteiger partial charge on any atom is 0.341 e. The number of nitrogens with zero attached hydrogens (tertiary/aromatic N) is 1. The first-order chi connectivity index (χ1) is 11.0. The lowest BCUT2D eigenvalue weighted by Gasteiger charge is -2.08. The average Bonchev–Trinajstić information content (AvgIpc) is 2.55. The minimum absolute atomic E-state index is 0.274. The minimum Gasteiger partial charge on any atom is -0.452 e. The second kappa shape index (κ2) is 7.51. The monoisotopic (exact) mass is 376 g/mol. The molecule has 0 saturated heterocycles. The van der Waals surface area contributed by atoms with E-state index in [1.54, 1.807) is 24.3 Å². The standard InChI is InChI=1S/C16H10BrFN2O3/c17-11-5-6-13(18)12(7-11)16(22)23-9-15(21)20-14-4-2-1-3-10(14)8-19/h1-7H,9H2,(H,20,21). The molecule has 0 atom stereocenters. The summed E-state index contributed by atoms with van der Waals surface area (Å²) in [5, 5.41) is 11.4. The number of hydrogen-bond donors (Lipinski definition) is 1. The predicted octanol–water partition coefficient (Wildman–Crippen LogP) is 3.26. The summed E-state index contributed by atoms with van der Waals surface area (Å²) in [5.41, 5.74) is 0.319. The third-order valence-electron chi connectivity index (χ3n) is 2.80. The number of nitrogens with one attached hydrogen (secondary N) is 1. The van der Waals surface area contributed by atoms with E-state index in [-0.39, 0.29) is 11.1 Å². The summed E-state index contributed by atoms with van der Waals surface area (Å²) in [6.45, 7) is -0.593. The van der Waals surface area contributed by atoms with Gasteiger partial charge in [0.15, 0.2) is 6.61 Å². The van der Waals surface area contributed by atoms with Gasteiger partial charge in [0.25, 0.3) is 5.91 Å². The molecule has 116 valence electrons. The van der Waals surface area contributed by atoms with Gasteiger partial charge in [0, 0.05) is 4.47 Å². The molecule has 0 bridgehead atoms. The molecule has 1 N–H and O–H groups in total. The van der Waals surface area contributed by atoms with Gasteiger partial charge in [-0.25, -0.2) is 9.18 Å². The first kappa shape index (κ1) is 16.6. The van der Waals surface area contributed by atoms with Gasteiger partial charge in [-0.3, -0.25) is 4.79 Å². The smallest absolute Gasteiger partial charge is 0.341 e. The maximum absolute atomic E-state index is 13.5. The molecule has 0 aromatic heterocycles. The molecule has 0 heterocycles. The normalized spacial score (nSPS) is 9.78. The highest BCUT2D eigenvalue weighted by atomic mass is 79.9. The molecule has 0 aliphatic heterocycles. The molecule has 1 amide bonds. The number of ether oxygens (including phenoxy) is 1. The van der Waals surface area contributed by atoms with Gasteiger partial charge >= 0.3 is 5.97 Å². The summed E-state index contributed by atoms with van der Waals surface area (Å²) >= 11 is 3.12. The molecule has 2 rings (SSSR count). The predicted molar refractivity (Wildman–Crippen MR) is 84.2 cm³/mol. The second-order valence-electron chi connectivity index (χ2n) is 4.41. The number of esters is 1. The van der Waals surface area contributed by atoms with Gasteiger partial charge in [-0.05, 0) is 30.3 Å². The lowest BCUT2D eigenvalue weighted by Crippen LogP contribution is -2.21. The third kappa shape index (κ3) is 4.37. The number of amides is 1. The highest BCUT2D eigenvalue weighted by Crippen LogP contribution is 2.17. The van der Waals surface area contributed by atoms with Crippen molar-refractivity contribution in [3.8, 4) is 6.07 Å². The van der Waals surface area contributed by atoms with Crippen LogP contribution in [0.15, 0.2) is 46.9 Å². The van der Waals surface area contributed by atoms with E-state index in [2.05, 4.69) is 21.2 Å². The number of para-hydroxylation sites is 1. The maximum atomic E-state index is 13.5. The van der Waals surface area contributed by atoms with Crippen molar-refractivity contribution in [2.24, 2.45) is 0 Å². The number of halogens is 2. The van der Waals surface area contributed by atoms with Gasteiger partial charge in [-0.1, -0.05) is 28.1 Å². The van der Waals surface area contributed by atoms with Crippen molar-refractivity contribution < 1.29 is 18.7 Å². The molecule has 0 fully saturated rings. The van der Waals surface area contributed by atoms with Crippen LogP contribution in [0.1, 0.15) is 15.9 Å². The molecule has 7 heteroatoms. The molecule has 2 aromatic rings. The lowest BCUT2D eigenvalue weighted by atomic mass is 10.2. The van der Waals surface area contributed by atoms with Gasteiger partial charge in [-0.15, -0.1) is 0 Å². The largest absolute Gasteiger partial charge is 0.452 e. The molecule has 0 spiro atoms. The van der Waals surface area contributed by atoms with Crippen LogP contribution in [0.3, 0.4) is 0 Å². The SMILES string of the molecule is N#Cc1ccccc1NC(=O)COC(=O)c1cc(Br)ccc1F. The Morgan fingerprint density at radius 2 is 2.00 bits per heavy atom. The molecule has 0 aliphatic rings. The Morgan fingerprint density at radius 3 is 2.74 bits per heavy atom. The Labute approximate surface area is 139 Å². The highest BCUT2D eigenvalue weighted by Gasteiger charge is 2.15. The zero-order chi connectivity index (χ0) is 16.8. The molecule has 23 heavy (non-hydrogen) atoms. The van der Waals surface area contributed by atoms with Crippen molar-refractivity contribution in [3.05, 3.63) is 63.9 Å². The number of rotatable bonds is 4. The van der Waals surface area contributed by atoms with E-state index in [1.807, 2.05) is 6.07 Å². The quantitative estimate of drug-likeness (QED) is 0.830. The third-order valence-corrected chi connectivity index (χ3v) is 3.30. The molecule has 0 radical (unpaired) electrons. The summed E-state index contributed by atoms with van der Waals surface area (Å²) in [5.74, 6) is -2.32. The molecule has 2 aromatic carbocycles. The molecular weight excluding hydrogens is 367 g/mol. The van der Waals surface area contributed by atoms with Crippen LogP contribution in [0, 0.1) is 17.1 Å². The van der Waals surface area contributed by atoms with E-state index < -0.39 is 24.3 Å². The minimum atomic E-state index is -0.951. The first-order valence-electron chi connectivity index (χ1n) is 6.42. The van der Waals surface area contributed by atoms with Crippen LogP contribution in [0.2, 0.25) is 0 Å². The van der Waals surface area contributed by atoms with Crippen LogP contribution >= 0.6 is 15.9 Å². The lowest BCUT2D eigenvalue weighted by molar-refractivity contribution is -0.119. The number of anilines is 1. The van der Waals surface area contributed by atoms with Gasteiger partial charge in [0.05, 0.1) is 16.8 Å². The molecule has 0 unspecified atom stereocenters. The van der Waals surface area contributed by atoms with Crippen molar-refractivity contribution in [3.63, 3.8) is 0 Å². The zero-order valence-corrected chi connectivity index (χ0v) is 13.3.